The van der Waals surface area contributed by atoms with E-state index in [-0.39, 0.29) is 17.2 Å². The van der Waals surface area contributed by atoms with E-state index < -0.39 is 0 Å². The Morgan fingerprint density at radius 2 is 2.00 bits per heavy atom. The molecule has 0 unspecified atom stereocenters. The predicted molar refractivity (Wildman–Crippen MR) is 73.5 cm³/mol. The molecule has 2 saturated heterocycles. The number of carbonyl (C=O) groups excluding carboxylic acids is 2. The molecule has 0 radical (unpaired) electrons. The lowest BCUT2D eigenvalue weighted by atomic mass is 9.59. The predicted octanol–water partition coefficient (Wildman–Crippen LogP) is 2.62. The highest BCUT2D eigenvalue weighted by Crippen LogP contribution is 2.54. The molecule has 4 rings (SSSR count). The molecule has 2 aliphatic carbocycles. The van der Waals surface area contributed by atoms with Gasteiger partial charge in [-0.2, -0.15) is 0 Å². The SMILES string of the molecule is CC1(C)C[C@H]2C[C@](C)(C1)N2C(=O)C1=CCC(=O)C=C1. The Morgan fingerprint density at radius 3 is 2.58 bits per heavy atom. The molecule has 2 aliphatic heterocycles. The van der Waals surface area contributed by atoms with Gasteiger partial charge in [0.1, 0.15) is 0 Å². The van der Waals surface area contributed by atoms with Crippen molar-refractivity contribution >= 4 is 11.7 Å². The second-order valence-corrected chi connectivity index (χ2v) is 7.24. The summed E-state index contributed by atoms with van der Waals surface area (Å²) in [6.07, 6.45) is 8.61. The first kappa shape index (κ1) is 12.6. The maximum absolute atomic E-state index is 12.6. The summed E-state index contributed by atoms with van der Waals surface area (Å²) in [6.45, 7) is 6.77. The van der Waals surface area contributed by atoms with Gasteiger partial charge in [0.25, 0.3) is 5.91 Å². The highest BCUT2D eigenvalue weighted by Gasteiger charge is 2.58. The van der Waals surface area contributed by atoms with E-state index >= 15 is 0 Å². The highest BCUT2D eigenvalue weighted by molar-refractivity contribution is 6.03. The minimum absolute atomic E-state index is 0.0135. The van der Waals surface area contributed by atoms with Gasteiger partial charge in [-0.25, -0.2) is 0 Å². The fourth-order valence-electron chi connectivity index (χ4n) is 4.33. The zero-order valence-electron chi connectivity index (χ0n) is 11.9. The molecular weight excluding hydrogens is 238 g/mol. The van der Waals surface area contributed by atoms with Crippen LogP contribution >= 0.6 is 0 Å². The van der Waals surface area contributed by atoms with Crippen molar-refractivity contribution in [3.63, 3.8) is 0 Å². The average molecular weight is 259 g/mol. The van der Waals surface area contributed by atoms with Crippen LogP contribution < -0.4 is 0 Å². The minimum Gasteiger partial charge on any atom is -0.330 e. The van der Waals surface area contributed by atoms with E-state index in [1.165, 1.54) is 6.08 Å². The van der Waals surface area contributed by atoms with Crippen LogP contribution in [0.4, 0.5) is 0 Å². The molecule has 3 fully saturated rings. The van der Waals surface area contributed by atoms with E-state index in [0.29, 0.717) is 23.5 Å². The molecule has 0 aromatic carbocycles. The Bertz CT molecular complexity index is 515. The van der Waals surface area contributed by atoms with Crippen molar-refractivity contribution in [2.24, 2.45) is 5.41 Å². The number of piperidine rings is 1. The molecule has 2 heterocycles. The largest absolute Gasteiger partial charge is 0.330 e. The molecule has 0 aromatic rings. The van der Waals surface area contributed by atoms with Gasteiger partial charge >= 0.3 is 0 Å². The van der Waals surface area contributed by atoms with E-state index in [9.17, 15) is 9.59 Å². The number of amides is 1. The first-order valence-electron chi connectivity index (χ1n) is 7.06. The van der Waals surface area contributed by atoms with E-state index in [4.69, 9.17) is 0 Å². The van der Waals surface area contributed by atoms with Crippen molar-refractivity contribution in [2.45, 2.75) is 58.0 Å². The summed E-state index contributed by atoms with van der Waals surface area (Å²) in [4.78, 5) is 25.8. The molecule has 102 valence electrons. The van der Waals surface area contributed by atoms with Crippen LogP contribution in [-0.2, 0) is 9.59 Å². The van der Waals surface area contributed by atoms with Crippen LogP contribution in [0, 0.1) is 5.41 Å². The number of fused-ring (bicyclic) bond motifs is 2. The molecule has 0 N–H and O–H groups in total. The van der Waals surface area contributed by atoms with Gasteiger partial charge in [-0.05, 0) is 43.8 Å². The lowest BCUT2D eigenvalue weighted by Crippen LogP contribution is -2.71. The molecule has 1 saturated carbocycles. The molecule has 0 aromatic heterocycles. The van der Waals surface area contributed by atoms with Crippen molar-refractivity contribution in [3.8, 4) is 0 Å². The van der Waals surface area contributed by atoms with E-state index in [2.05, 4.69) is 25.7 Å². The number of carbonyl (C=O) groups is 2. The highest BCUT2D eigenvalue weighted by atomic mass is 16.2. The van der Waals surface area contributed by atoms with Crippen molar-refractivity contribution in [1.82, 2.24) is 4.90 Å². The van der Waals surface area contributed by atoms with Gasteiger partial charge in [-0.3, -0.25) is 9.59 Å². The summed E-state index contributed by atoms with van der Waals surface area (Å²) in [7, 11) is 0. The molecule has 4 aliphatic rings. The Labute approximate surface area is 114 Å². The van der Waals surface area contributed by atoms with Crippen molar-refractivity contribution in [2.75, 3.05) is 0 Å². The minimum atomic E-state index is 0.0135. The van der Waals surface area contributed by atoms with Crippen LogP contribution in [0.2, 0.25) is 0 Å². The van der Waals surface area contributed by atoms with E-state index in [1.807, 2.05) is 0 Å². The zero-order valence-corrected chi connectivity index (χ0v) is 11.9. The number of allylic oxidation sites excluding steroid dienone is 2. The lowest BCUT2D eigenvalue weighted by molar-refractivity contribution is -0.171. The van der Waals surface area contributed by atoms with E-state index in [0.717, 1.165) is 19.3 Å². The van der Waals surface area contributed by atoms with Crippen LogP contribution in [-0.4, -0.2) is 28.2 Å². The van der Waals surface area contributed by atoms with Crippen molar-refractivity contribution in [3.05, 3.63) is 23.8 Å². The van der Waals surface area contributed by atoms with Gasteiger partial charge in [0, 0.05) is 23.6 Å². The second-order valence-electron chi connectivity index (χ2n) is 7.24. The smallest absolute Gasteiger partial charge is 0.254 e. The van der Waals surface area contributed by atoms with E-state index in [1.54, 1.807) is 12.2 Å². The summed E-state index contributed by atoms with van der Waals surface area (Å²) in [5.41, 5.74) is 1.04. The summed E-state index contributed by atoms with van der Waals surface area (Å²) < 4.78 is 0. The van der Waals surface area contributed by atoms with Gasteiger partial charge < -0.3 is 4.90 Å². The Kier molecular flexibility index (Phi) is 2.54. The Morgan fingerprint density at radius 1 is 1.26 bits per heavy atom. The van der Waals surface area contributed by atoms with Gasteiger partial charge in [0.15, 0.2) is 5.78 Å². The molecule has 19 heavy (non-hydrogen) atoms. The average Bonchev–Trinajstić information content (AvgIpc) is 2.26. The number of hydrogen-bond acceptors (Lipinski definition) is 2. The summed E-state index contributed by atoms with van der Waals surface area (Å²) >= 11 is 0. The molecule has 2 atom stereocenters. The van der Waals surface area contributed by atoms with Gasteiger partial charge in [0.05, 0.1) is 0 Å². The molecule has 2 bridgehead atoms. The molecular formula is C16H21NO2. The fourth-order valence-corrected chi connectivity index (χ4v) is 4.33. The summed E-state index contributed by atoms with van der Waals surface area (Å²) in [5, 5.41) is 0. The quantitative estimate of drug-likeness (QED) is 0.726. The number of ketones is 1. The van der Waals surface area contributed by atoms with Crippen LogP contribution in [0.1, 0.15) is 46.5 Å². The number of hydrogen-bond donors (Lipinski definition) is 0. The second kappa shape index (κ2) is 3.81. The molecule has 1 amide bonds. The normalized spacial score (nSPS) is 35.7. The maximum Gasteiger partial charge on any atom is 0.254 e. The fraction of sp³-hybridized carbons (Fsp3) is 0.625. The number of nitrogens with zero attached hydrogens (tertiary/aromatic N) is 1. The van der Waals surface area contributed by atoms with Gasteiger partial charge in [-0.15, -0.1) is 0 Å². The van der Waals surface area contributed by atoms with Crippen LogP contribution in [0.15, 0.2) is 23.8 Å². The first-order valence-corrected chi connectivity index (χ1v) is 7.06. The molecule has 0 spiro atoms. The van der Waals surface area contributed by atoms with Crippen molar-refractivity contribution < 1.29 is 9.59 Å². The standard InChI is InChI=1S/C16H21NO2/c1-15(2)8-12-9-16(3,10-15)17(12)14(19)11-4-6-13(18)7-5-11/h4-6,12H,7-10H2,1-3H3/t12-,16+/m0/s1. The van der Waals surface area contributed by atoms with Gasteiger partial charge in [0.2, 0.25) is 0 Å². The van der Waals surface area contributed by atoms with Gasteiger partial charge in [-0.1, -0.05) is 19.9 Å². The van der Waals surface area contributed by atoms with Crippen LogP contribution in [0.3, 0.4) is 0 Å². The molecule has 3 heteroatoms. The number of rotatable bonds is 1. The van der Waals surface area contributed by atoms with Crippen molar-refractivity contribution in [1.29, 1.82) is 0 Å². The maximum atomic E-state index is 12.6. The van der Waals surface area contributed by atoms with Crippen LogP contribution in [0.5, 0.6) is 0 Å². The summed E-state index contributed by atoms with van der Waals surface area (Å²) in [6, 6.07) is 0.383. The topological polar surface area (TPSA) is 37.4 Å². The third-order valence-electron chi connectivity index (χ3n) is 4.71. The molecule has 3 nitrogen and oxygen atoms in total. The lowest BCUT2D eigenvalue weighted by Gasteiger charge is -2.65. The Balaban J connectivity index is 1.80. The first-order chi connectivity index (χ1) is 8.81. The Hall–Kier alpha value is -1.38. The monoisotopic (exact) mass is 259 g/mol. The zero-order chi connectivity index (χ0) is 13.8. The van der Waals surface area contributed by atoms with Crippen LogP contribution in [0.25, 0.3) is 0 Å². The summed E-state index contributed by atoms with van der Waals surface area (Å²) in [5.74, 6) is 0.186. The third-order valence-corrected chi connectivity index (χ3v) is 4.71. The third kappa shape index (κ3) is 1.96.